The molecule has 3 rings (SSSR count). The molecule has 0 radical (unpaired) electrons. The van der Waals surface area contributed by atoms with Crippen molar-refractivity contribution in [2.24, 2.45) is 0 Å². The van der Waals surface area contributed by atoms with E-state index in [2.05, 4.69) is 11.4 Å². The zero-order chi connectivity index (χ0) is 16.9. The predicted molar refractivity (Wildman–Crippen MR) is 97.5 cm³/mol. The number of aliphatic hydroxyl groups excluding tert-OH is 1. The normalized spacial score (nSPS) is 22.2. The van der Waals surface area contributed by atoms with Gasteiger partial charge in [-0.1, -0.05) is 42.3 Å². The van der Waals surface area contributed by atoms with Gasteiger partial charge in [0.15, 0.2) is 0 Å². The molecular formula is C20H24ClNO2. The molecule has 128 valence electrons. The fourth-order valence-corrected chi connectivity index (χ4v) is 3.77. The van der Waals surface area contributed by atoms with Crippen molar-refractivity contribution in [3.8, 4) is 5.75 Å². The Balaban J connectivity index is 1.56. The summed E-state index contributed by atoms with van der Waals surface area (Å²) >= 11 is 5.99. The Bertz CT molecular complexity index is 676. The number of phenols is 1. The second-order valence-corrected chi connectivity index (χ2v) is 7.07. The number of aromatic hydroxyl groups is 1. The third kappa shape index (κ3) is 4.50. The summed E-state index contributed by atoms with van der Waals surface area (Å²) in [5, 5.41) is 24.2. The number of halogens is 1. The maximum atomic E-state index is 10.3. The zero-order valence-corrected chi connectivity index (χ0v) is 14.4. The predicted octanol–water partition coefficient (Wildman–Crippen LogP) is 4.40. The van der Waals surface area contributed by atoms with Gasteiger partial charge in [0.05, 0.1) is 6.10 Å². The number of phenolic OH excluding ortho intramolecular Hbond substituents is 1. The van der Waals surface area contributed by atoms with Crippen molar-refractivity contribution in [3.05, 3.63) is 64.7 Å². The highest BCUT2D eigenvalue weighted by Crippen LogP contribution is 2.34. The van der Waals surface area contributed by atoms with Crippen LogP contribution in [-0.4, -0.2) is 22.8 Å². The summed E-state index contributed by atoms with van der Waals surface area (Å²) in [5.41, 5.74) is 2.05. The van der Waals surface area contributed by atoms with Crippen LogP contribution >= 0.6 is 11.6 Å². The van der Waals surface area contributed by atoms with Gasteiger partial charge < -0.3 is 15.5 Å². The van der Waals surface area contributed by atoms with Crippen LogP contribution in [0.25, 0.3) is 0 Å². The number of rotatable bonds is 5. The van der Waals surface area contributed by atoms with Crippen LogP contribution < -0.4 is 5.32 Å². The minimum Gasteiger partial charge on any atom is -0.508 e. The Kier molecular flexibility index (Phi) is 5.77. The molecule has 3 N–H and O–H groups in total. The largest absolute Gasteiger partial charge is 0.508 e. The van der Waals surface area contributed by atoms with Gasteiger partial charge in [-0.2, -0.15) is 0 Å². The number of hydrogen-bond acceptors (Lipinski definition) is 3. The third-order valence-corrected chi connectivity index (χ3v) is 5.08. The Labute approximate surface area is 148 Å². The molecule has 0 spiro atoms. The van der Waals surface area contributed by atoms with E-state index in [1.165, 1.54) is 5.56 Å². The van der Waals surface area contributed by atoms with E-state index in [1.54, 1.807) is 6.07 Å². The van der Waals surface area contributed by atoms with Crippen LogP contribution in [0.3, 0.4) is 0 Å². The maximum Gasteiger partial charge on any atom is 0.115 e. The van der Waals surface area contributed by atoms with Gasteiger partial charge in [0.2, 0.25) is 0 Å². The highest BCUT2D eigenvalue weighted by atomic mass is 35.5. The minimum absolute atomic E-state index is 0.332. The standard InChI is InChI=1S/C20H24ClNO2/c21-17-7-1-6-16(10-17)20(24)13-22-18-8-2-4-14(11-18)15-5-3-9-19(23)12-15/h1,3,5-7,9-10,12,14,18,20,22-24H,2,4,8,11,13H2/t14-,18?,20+/m1/s1. The number of benzene rings is 2. The minimum atomic E-state index is -0.551. The Morgan fingerprint density at radius 1 is 1.12 bits per heavy atom. The quantitative estimate of drug-likeness (QED) is 0.753. The molecular weight excluding hydrogens is 322 g/mol. The van der Waals surface area contributed by atoms with E-state index >= 15 is 0 Å². The first-order chi connectivity index (χ1) is 11.6. The fraction of sp³-hybridized carbons (Fsp3) is 0.400. The van der Waals surface area contributed by atoms with Crippen LogP contribution in [0.4, 0.5) is 0 Å². The van der Waals surface area contributed by atoms with E-state index in [0.717, 1.165) is 31.2 Å². The molecule has 1 unspecified atom stereocenters. The molecule has 3 atom stereocenters. The number of hydrogen-bond donors (Lipinski definition) is 3. The maximum absolute atomic E-state index is 10.3. The molecule has 1 fully saturated rings. The van der Waals surface area contributed by atoms with Gasteiger partial charge in [-0.15, -0.1) is 0 Å². The molecule has 0 amide bonds. The number of nitrogens with one attached hydrogen (secondary N) is 1. The van der Waals surface area contributed by atoms with Crippen molar-refractivity contribution in [1.82, 2.24) is 5.32 Å². The highest BCUT2D eigenvalue weighted by molar-refractivity contribution is 6.30. The third-order valence-electron chi connectivity index (χ3n) is 4.85. The van der Waals surface area contributed by atoms with Crippen LogP contribution in [0.1, 0.15) is 48.8 Å². The van der Waals surface area contributed by atoms with Gasteiger partial charge in [0.25, 0.3) is 0 Å². The van der Waals surface area contributed by atoms with E-state index in [0.29, 0.717) is 29.3 Å². The Morgan fingerprint density at radius 2 is 1.96 bits per heavy atom. The van der Waals surface area contributed by atoms with Gasteiger partial charge in [-0.3, -0.25) is 0 Å². The lowest BCUT2D eigenvalue weighted by molar-refractivity contribution is 0.164. The molecule has 1 aliphatic rings. The van der Waals surface area contributed by atoms with Crippen molar-refractivity contribution in [2.45, 2.75) is 43.7 Å². The van der Waals surface area contributed by atoms with Crippen LogP contribution in [-0.2, 0) is 0 Å². The molecule has 2 aromatic carbocycles. The topological polar surface area (TPSA) is 52.5 Å². The van der Waals surface area contributed by atoms with Gasteiger partial charge in [-0.05, 0) is 60.6 Å². The van der Waals surface area contributed by atoms with Crippen molar-refractivity contribution in [3.63, 3.8) is 0 Å². The lowest BCUT2D eigenvalue weighted by atomic mass is 9.81. The van der Waals surface area contributed by atoms with Crippen LogP contribution in [0.5, 0.6) is 5.75 Å². The summed E-state index contributed by atoms with van der Waals surface area (Å²) in [6.45, 7) is 0.526. The highest BCUT2D eigenvalue weighted by Gasteiger charge is 2.23. The second kappa shape index (κ2) is 8.02. The smallest absolute Gasteiger partial charge is 0.115 e. The molecule has 1 saturated carbocycles. The molecule has 0 bridgehead atoms. The first-order valence-corrected chi connectivity index (χ1v) is 8.95. The van der Waals surface area contributed by atoms with E-state index in [-0.39, 0.29) is 0 Å². The van der Waals surface area contributed by atoms with Gasteiger partial charge in [0, 0.05) is 17.6 Å². The monoisotopic (exact) mass is 345 g/mol. The summed E-state index contributed by atoms with van der Waals surface area (Å²) in [6.07, 6.45) is 3.91. The summed E-state index contributed by atoms with van der Waals surface area (Å²) < 4.78 is 0. The average Bonchev–Trinajstić information content (AvgIpc) is 2.60. The fourth-order valence-electron chi connectivity index (χ4n) is 3.57. The molecule has 4 heteroatoms. The van der Waals surface area contributed by atoms with E-state index in [1.807, 2.05) is 36.4 Å². The van der Waals surface area contributed by atoms with Crippen molar-refractivity contribution in [2.75, 3.05) is 6.54 Å². The number of aliphatic hydroxyl groups is 1. The van der Waals surface area contributed by atoms with Gasteiger partial charge >= 0.3 is 0 Å². The average molecular weight is 346 g/mol. The van der Waals surface area contributed by atoms with Gasteiger partial charge in [0.1, 0.15) is 5.75 Å². The van der Waals surface area contributed by atoms with Crippen LogP contribution in [0.15, 0.2) is 48.5 Å². The molecule has 0 aromatic heterocycles. The van der Waals surface area contributed by atoms with Crippen LogP contribution in [0, 0.1) is 0 Å². The molecule has 1 aliphatic carbocycles. The lowest BCUT2D eigenvalue weighted by Gasteiger charge is -2.31. The summed E-state index contributed by atoms with van der Waals surface area (Å²) in [4.78, 5) is 0. The lowest BCUT2D eigenvalue weighted by Crippen LogP contribution is -2.36. The molecule has 24 heavy (non-hydrogen) atoms. The second-order valence-electron chi connectivity index (χ2n) is 6.63. The van der Waals surface area contributed by atoms with E-state index in [9.17, 15) is 10.2 Å². The van der Waals surface area contributed by atoms with Crippen molar-refractivity contribution in [1.29, 1.82) is 0 Å². The summed E-state index contributed by atoms with van der Waals surface area (Å²) in [6, 6.07) is 15.3. The van der Waals surface area contributed by atoms with Crippen molar-refractivity contribution >= 4 is 11.6 Å². The molecule has 0 saturated heterocycles. The molecule has 0 heterocycles. The zero-order valence-electron chi connectivity index (χ0n) is 13.7. The Morgan fingerprint density at radius 3 is 2.75 bits per heavy atom. The molecule has 0 aliphatic heterocycles. The summed E-state index contributed by atoms with van der Waals surface area (Å²) in [7, 11) is 0. The molecule has 2 aromatic rings. The summed E-state index contributed by atoms with van der Waals surface area (Å²) in [5.74, 6) is 0.797. The SMILES string of the molecule is Oc1cccc([C@@H]2CCCC(NC[C@H](O)c3cccc(Cl)c3)C2)c1. The van der Waals surface area contributed by atoms with Crippen LogP contribution in [0.2, 0.25) is 5.02 Å². The van der Waals surface area contributed by atoms with Gasteiger partial charge in [-0.25, -0.2) is 0 Å². The van der Waals surface area contributed by atoms with Crippen molar-refractivity contribution < 1.29 is 10.2 Å². The first-order valence-electron chi connectivity index (χ1n) is 8.57. The molecule has 3 nitrogen and oxygen atoms in total. The first kappa shape index (κ1) is 17.3. The van der Waals surface area contributed by atoms with E-state index < -0.39 is 6.10 Å². The Hall–Kier alpha value is -1.55. The van der Waals surface area contributed by atoms with E-state index in [4.69, 9.17) is 11.6 Å².